The van der Waals surface area contributed by atoms with E-state index in [0.29, 0.717) is 32.8 Å². The van der Waals surface area contributed by atoms with Gasteiger partial charge in [-0.15, -0.1) is 0 Å². The van der Waals surface area contributed by atoms with E-state index < -0.39 is 7.82 Å². The number of carbonyl (C=O) groups is 1. The molecule has 0 N–H and O–H groups in total. The average molecular weight is 774 g/mol. The molecule has 0 aliphatic heterocycles. The van der Waals surface area contributed by atoms with Crippen LogP contribution in [0.2, 0.25) is 0 Å². The van der Waals surface area contributed by atoms with Crippen molar-refractivity contribution < 1.29 is 27.7 Å². The fourth-order valence-electron chi connectivity index (χ4n) is 6.83. The van der Waals surface area contributed by atoms with Gasteiger partial charge in [0.05, 0.1) is 26.4 Å². The van der Waals surface area contributed by atoms with Crippen LogP contribution in [0.15, 0.2) is 0 Å². The molecule has 0 rings (SSSR count). The quantitative estimate of drug-likeness (QED) is 0.0346. The fraction of sp³-hybridized carbons (Fsp3) is 0.978. The number of nitrogens with zero attached hydrogens (tertiary/aromatic N) is 1. The van der Waals surface area contributed by atoms with Crippen molar-refractivity contribution in [1.29, 1.82) is 0 Å². The van der Waals surface area contributed by atoms with E-state index in [9.17, 15) is 9.36 Å². The van der Waals surface area contributed by atoms with Crippen LogP contribution in [0.1, 0.15) is 240 Å². The number of phosphoric acid groups is 1. The Morgan fingerprint density at radius 2 is 0.698 bits per heavy atom. The molecule has 0 spiro atoms. The van der Waals surface area contributed by atoms with Crippen LogP contribution in [0.4, 0.5) is 0 Å². The van der Waals surface area contributed by atoms with Crippen molar-refractivity contribution >= 4 is 13.8 Å². The highest BCUT2D eigenvalue weighted by Gasteiger charge is 2.26. The molecule has 0 amide bonds. The molecule has 0 aromatic heterocycles. The highest BCUT2D eigenvalue weighted by Crippen LogP contribution is 2.50. The maximum atomic E-state index is 13.4. The van der Waals surface area contributed by atoms with Crippen LogP contribution in [0, 0.1) is 0 Å². The molecule has 0 saturated heterocycles. The summed E-state index contributed by atoms with van der Waals surface area (Å²) in [5.41, 5.74) is 0. The lowest BCUT2D eigenvalue weighted by molar-refractivity contribution is -0.143. The van der Waals surface area contributed by atoms with E-state index in [1.807, 2.05) is 0 Å². The molecule has 7 nitrogen and oxygen atoms in total. The van der Waals surface area contributed by atoms with Gasteiger partial charge in [-0.25, -0.2) is 4.57 Å². The molecule has 0 aliphatic carbocycles. The second-order valence-electron chi connectivity index (χ2n) is 15.7. The summed E-state index contributed by atoms with van der Waals surface area (Å²) < 4.78 is 36.2. The minimum atomic E-state index is -3.49. The van der Waals surface area contributed by atoms with Gasteiger partial charge in [0.15, 0.2) is 0 Å². The maximum Gasteiger partial charge on any atom is 0.474 e. The van der Waals surface area contributed by atoms with E-state index in [4.69, 9.17) is 18.3 Å². The molecule has 0 heterocycles. The number of unbranched alkanes of at least 4 members (excludes halogenated alkanes) is 26. The van der Waals surface area contributed by atoms with Gasteiger partial charge < -0.3 is 9.64 Å². The van der Waals surface area contributed by atoms with Gasteiger partial charge in [0.25, 0.3) is 0 Å². The van der Waals surface area contributed by atoms with Crippen LogP contribution in [-0.4, -0.2) is 56.9 Å². The molecule has 318 valence electrons. The number of carbonyl (C=O) groups excluding carboxylic acids is 1. The Balaban J connectivity index is 4.02. The summed E-state index contributed by atoms with van der Waals surface area (Å²) in [6.45, 7) is 14.5. The van der Waals surface area contributed by atoms with Crippen molar-refractivity contribution in [2.45, 2.75) is 240 Å². The summed E-state index contributed by atoms with van der Waals surface area (Å²) in [5.74, 6) is -0.00971. The molecular weight excluding hydrogens is 681 g/mol. The Morgan fingerprint density at radius 1 is 0.377 bits per heavy atom. The van der Waals surface area contributed by atoms with Gasteiger partial charge in [0.2, 0.25) is 0 Å². The topological polar surface area (TPSA) is 74.3 Å². The lowest BCUT2D eigenvalue weighted by atomic mass is 10.1. The van der Waals surface area contributed by atoms with Gasteiger partial charge in [-0.05, 0) is 71.0 Å². The molecule has 0 aromatic rings. The van der Waals surface area contributed by atoms with Gasteiger partial charge >= 0.3 is 13.8 Å². The van der Waals surface area contributed by atoms with Crippen LogP contribution < -0.4 is 0 Å². The number of ether oxygens (including phenoxy) is 1. The first-order valence-electron chi connectivity index (χ1n) is 23.4. The number of hydrogen-bond donors (Lipinski definition) is 0. The fourth-order valence-corrected chi connectivity index (χ4v) is 8.11. The van der Waals surface area contributed by atoms with Crippen molar-refractivity contribution in [2.75, 3.05) is 46.1 Å². The Labute approximate surface area is 331 Å². The third kappa shape index (κ3) is 39.6. The molecule has 8 heteroatoms. The van der Waals surface area contributed by atoms with E-state index in [1.54, 1.807) is 0 Å². The molecule has 0 saturated carbocycles. The van der Waals surface area contributed by atoms with Crippen LogP contribution >= 0.6 is 7.82 Å². The summed E-state index contributed by atoms with van der Waals surface area (Å²) in [7, 11) is -3.49. The van der Waals surface area contributed by atoms with E-state index in [2.05, 4.69) is 32.6 Å². The van der Waals surface area contributed by atoms with Crippen LogP contribution in [-0.2, 0) is 27.7 Å². The van der Waals surface area contributed by atoms with Gasteiger partial charge in [-0.1, -0.05) is 182 Å². The van der Waals surface area contributed by atoms with Gasteiger partial charge in [0, 0.05) is 6.42 Å². The molecule has 0 atom stereocenters. The van der Waals surface area contributed by atoms with Crippen molar-refractivity contribution in [2.24, 2.45) is 0 Å². The van der Waals surface area contributed by atoms with E-state index in [1.165, 1.54) is 167 Å². The van der Waals surface area contributed by atoms with Crippen LogP contribution in [0.25, 0.3) is 0 Å². The van der Waals surface area contributed by atoms with Crippen molar-refractivity contribution in [3.05, 3.63) is 0 Å². The molecule has 0 aromatic carbocycles. The summed E-state index contributed by atoms with van der Waals surface area (Å²) in [4.78, 5) is 14.6. The summed E-state index contributed by atoms with van der Waals surface area (Å²) in [6.07, 6.45) is 38.7. The van der Waals surface area contributed by atoms with E-state index >= 15 is 0 Å². The maximum absolute atomic E-state index is 13.4. The average Bonchev–Trinajstić information content (AvgIpc) is 3.15. The van der Waals surface area contributed by atoms with Gasteiger partial charge in [-0.2, -0.15) is 0 Å². The molecule has 0 aliphatic rings. The Kier molecular flexibility index (Phi) is 42.3. The zero-order valence-electron chi connectivity index (χ0n) is 36.1. The molecule has 0 bridgehead atoms. The minimum absolute atomic E-state index is 0.00971. The number of hydrogen-bond acceptors (Lipinski definition) is 7. The highest BCUT2D eigenvalue weighted by atomic mass is 31.2. The lowest BCUT2D eigenvalue weighted by Crippen LogP contribution is -2.27. The Morgan fingerprint density at radius 3 is 1.08 bits per heavy atom. The number of phosphoric ester groups is 1. The van der Waals surface area contributed by atoms with Crippen molar-refractivity contribution in [3.8, 4) is 0 Å². The first-order valence-corrected chi connectivity index (χ1v) is 24.9. The smallest absolute Gasteiger partial charge is 0.466 e. The van der Waals surface area contributed by atoms with E-state index in [-0.39, 0.29) is 5.97 Å². The van der Waals surface area contributed by atoms with Crippen LogP contribution in [0.5, 0.6) is 0 Å². The lowest BCUT2D eigenvalue weighted by Gasteiger charge is -2.21. The Hall–Kier alpha value is -0.460. The van der Waals surface area contributed by atoms with Gasteiger partial charge in [0.1, 0.15) is 0 Å². The summed E-state index contributed by atoms with van der Waals surface area (Å²) in [6, 6.07) is 0. The predicted molar refractivity (Wildman–Crippen MR) is 228 cm³/mol. The third-order valence-electron chi connectivity index (χ3n) is 10.3. The first-order chi connectivity index (χ1) is 26.0. The Bertz CT molecular complexity index is 760. The highest BCUT2D eigenvalue weighted by molar-refractivity contribution is 7.48. The minimum Gasteiger partial charge on any atom is -0.466 e. The first kappa shape index (κ1) is 52.5. The normalized spacial score (nSPS) is 11.9. The van der Waals surface area contributed by atoms with Crippen molar-refractivity contribution in [1.82, 2.24) is 4.90 Å². The standard InChI is InChI=1S/C45H92NO6P/c1-5-9-12-15-19-27-34-42-50-53(48,51-43-35-28-20-16-13-10-6-2)52-44-36-29-21-17-18-24-31-39-46(38-8-4)40-32-25-22-23-30-37-45(47)49-41-33-26-14-11-7-3/h5-44H2,1-4H3. The van der Waals surface area contributed by atoms with Crippen LogP contribution in [0.3, 0.4) is 0 Å². The monoisotopic (exact) mass is 774 g/mol. The summed E-state index contributed by atoms with van der Waals surface area (Å²) >= 11 is 0. The largest absolute Gasteiger partial charge is 0.474 e. The number of esters is 1. The second-order valence-corrected chi connectivity index (χ2v) is 17.3. The molecular formula is C45H92NO6P. The zero-order valence-corrected chi connectivity index (χ0v) is 37.0. The predicted octanol–water partition coefficient (Wildman–Crippen LogP) is 14.9. The van der Waals surface area contributed by atoms with Gasteiger partial charge in [-0.3, -0.25) is 18.4 Å². The molecule has 0 radical (unpaired) electrons. The summed E-state index contributed by atoms with van der Waals surface area (Å²) in [5, 5.41) is 0. The molecule has 0 unspecified atom stereocenters. The molecule has 0 fully saturated rings. The zero-order chi connectivity index (χ0) is 38.8. The molecule has 53 heavy (non-hydrogen) atoms. The third-order valence-corrected chi connectivity index (χ3v) is 11.8. The van der Waals surface area contributed by atoms with E-state index in [0.717, 1.165) is 57.8 Å². The number of rotatable bonds is 45. The van der Waals surface area contributed by atoms with Crippen molar-refractivity contribution in [3.63, 3.8) is 0 Å². The second kappa shape index (κ2) is 42.7. The SMILES string of the molecule is CCCCCCCCCOP(=O)(OCCCCCCCCC)OCCCCCCCCCN(CCC)CCCCCCCC(=O)OCCCCCCC.